The first kappa shape index (κ1) is 19.2. The standard InChI is InChI=1S/C24H28ClN3/c1-5-15(2)20-11-21(25)16(3)22(12-20)27-17(4)23-13-19-7-6-10-26-24(19)28(23)14-18-8-9-18/h6-7,10-12,18,23H,2,5,8-9,13-14H2,1,3-4H3/b27-17+. The summed E-state index contributed by atoms with van der Waals surface area (Å²) in [5.74, 6) is 1.94. The molecule has 4 heteroatoms. The fraction of sp³-hybridized carbons (Fsp3) is 0.417. The third-order valence-corrected chi connectivity index (χ3v) is 6.40. The Bertz CT molecular complexity index is 943. The van der Waals surface area contributed by atoms with Crippen molar-refractivity contribution in [3.8, 4) is 0 Å². The fourth-order valence-corrected chi connectivity index (χ4v) is 4.15. The molecule has 146 valence electrons. The van der Waals surface area contributed by atoms with Gasteiger partial charge in [0.05, 0.1) is 11.7 Å². The summed E-state index contributed by atoms with van der Waals surface area (Å²) in [6, 6.07) is 8.63. The van der Waals surface area contributed by atoms with Crippen molar-refractivity contribution in [2.45, 2.75) is 52.5 Å². The van der Waals surface area contributed by atoms with Crippen molar-refractivity contribution >= 4 is 34.4 Å². The van der Waals surface area contributed by atoms with Crippen molar-refractivity contribution in [1.29, 1.82) is 0 Å². The number of aliphatic imine (C=N–C) groups is 1. The lowest BCUT2D eigenvalue weighted by Gasteiger charge is -2.27. The van der Waals surface area contributed by atoms with Crippen LogP contribution in [0.4, 0.5) is 11.5 Å². The smallest absolute Gasteiger partial charge is 0.132 e. The molecular weight excluding hydrogens is 366 g/mol. The highest BCUT2D eigenvalue weighted by Crippen LogP contribution is 2.38. The van der Waals surface area contributed by atoms with Crippen LogP contribution in [0.3, 0.4) is 0 Å². The quantitative estimate of drug-likeness (QED) is 0.531. The maximum absolute atomic E-state index is 6.51. The van der Waals surface area contributed by atoms with Crippen molar-refractivity contribution in [2.75, 3.05) is 11.4 Å². The number of hydrogen-bond acceptors (Lipinski definition) is 3. The molecule has 2 aliphatic rings. The topological polar surface area (TPSA) is 28.5 Å². The summed E-state index contributed by atoms with van der Waals surface area (Å²) in [7, 11) is 0. The van der Waals surface area contributed by atoms with E-state index in [1.165, 1.54) is 18.4 Å². The molecule has 2 heterocycles. The normalized spacial score (nSPS) is 19.1. The van der Waals surface area contributed by atoms with Crippen LogP contribution in [-0.4, -0.2) is 23.3 Å². The number of fused-ring (bicyclic) bond motifs is 1. The van der Waals surface area contributed by atoms with Gasteiger partial charge in [-0.25, -0.2) is 4.98 Å². The van der Waals surface area contributed by atoms with Gasteiger partial charge in [0.25, 0.3) is 0 Å². The molecule has 0 amide bonds. The second-order valence-corrected chi connectivity index (χ2v) is 8.52. The Labute approximate surface area is 173 Å². The number of rotatable bonds is 6. The molecule has 1 aliphatic heterocycles. The van der Waals surface area contributed by atoms with Crippen molar-refractivity contribution in [1.82, 2.24) is 4.98 Å². The molecule has 0 saturated heterocycles. The van der Waals surface area contributed by atoms with Gasteiger partial charge in [-0.3, -0.25) is 4.99 Å². The van der Waals surface area contributed by atoms with Gasteiger partial charge in [-0.2, -0.15) is 0 Å². The summed E-state index contributed by atoms with van der Waals surface area (Å²) in [6.07, 6.45) is 6.44. The summed E-state index contributed by atoms with van der Waals surface area (Å²) in [5, 5.41) is 0.755. The molecule has 1 fully saturated rings. The number of hydrogen-bond donors (Lipinski definition) is 0. The molecule has 1 saturated carbocycles. The van der Waals surface area contributed by atoms with Crippen LogP contribution in [0.2, 0.25) is 5.02 Å². The van der Waals surface area contributed by atoms with Gasteiger partial charge >= 0.3 is 0 Å². The number of nitrogens with zero attached hydrogens (tertiary/aromatic N) is 3. The van der Waals surface area contributed by atoms with E-state index in [1.54, 1.807) is 0 Å². The fourth-order valence-electron chi connectivity index (χ4n) is 3.93. The van der Waals surface area contributed by atoms with E-state index >= 15 is 0 Å². The van der Waals surface area contributed by atoms with Crippen LogP contribution in [0.25, 0.3) is 5.57 Å². The highest BCUT2D eigenvalue weighted by molar-refractivity contribution is 6.32. The minimum atomic E-state index is 0.265. The van der Waals surface area contributed by atoms with Crippen LogP contribution in [0.15, 0.2) is 42.0 Å². The molecule has 1 aromatic carbocycles. The summed E-state index contributed by atoms with van der Waals surface area (Å²) in [6.45, 7) is 11.5. The molecule has 28 heavy (non-hydrogen) atoms. The van der Waals surface area contributed by atoms with Gasteiger partial charge in [-0.1, -0.05) is 31.2 Å². The van der Waals surface area contributed by atoms with Gasteiger partial charge in [-0.15, -0.1) is 0 Å². The summed E-state index contributed by atoms with van der Waals surface area (Å²) in [4.78, 5) is 12.2. The predicted octanol–water partition coefficient (Wildman–Crippen LogP) is 6.40. The number of aromatic nitrogens is 1. The zero-order valence-electron chi connectivity index (χ0n) is 17.0. The van der Waals surface area contributed by atoms with E-state index in [-0.39, 0.29) is 6.04 Å². The van der Waals surface area contributed by atoms with Crippen LogP contribution in [0, 0.1) is 12.8 Å². The first-order valence-corrected chi connectivity index (χ1v) is 10.6. The maximum Gasteiger partial charge on any atom is 0.132 e. The highest BCUT2D eigenvalue weighted by atomic mass is 35.5. The van der Waals surface area contributed by atoms with Gasteiger partial charge < -0.3 is 4.90 Å². The molecule has 0 bridgehead atoms. The van der Waals surface area contributed by atoms with Crippen molar-refractivity contribution in [2.24, 2.45) is 10.9 Å². The molecule has 1 aromatic heterocycles. The average Bonchev–Trinajstić information content (AvgIpc) is 3.44. The Morgan fingerprint density at radius 3 is 2.86 bits per heavy atom. The Balaban J connectivity index is 1.68. The maximum atomic E-state index is 6.51. The van der Waals surface area contributed by atoms with Crippen molar-refractivity contribution in [3.05, 3.63) is 58.8 Å². The highest BCUT2D eigenvalue weighted by Gasteiger charge is 2.36. The van der Waals surface area contributed by atoms with E-state index in [2.05, 4.69) is 42.4 Å². The zero-order chi connectivity index (χ0) is 19.8. The molecular formula is C24H28ClN3. The number of halogens is 1. The number of anilines is 1. The third-order valence-electron chi connectivity index (χ3n) is 6.01. The largest absolute Gasteiger partial charge is 0.348 e. The van der Waals surface area contributed by atoms with Crippen molar-refractivity contribution in [3.63, 3.8) is 0 Å². The molecule has 0 spiro atoms. The Morgan fingerprint density at radius 2 is 2.14 bits per heavy atom. The third kappa shape index (κ3) is 3.73. The Kier molecular flexibility index (Phi) is 5.29. The van der Waals surface area contributed by atoms with Gasteiger partial charge in [0.15, 0.2) is 0 Å². The van der Waals surface area contributed by atoms with Crippen LogP contribution in [-0.2, 0) is 6.42 Å². The lowest BCUT2D eigenvalue weighted by molar-refractivity contribution is 0.692. The van der Waals surface area contributed by atoms with E-state index in [0.717, 1.165) is 64.2 Å². The molecule has 1 atom stereocenters. The van der Waals surface area contributed by atoms with Crippen LogP contribution in [0.1, 0.15) is 49.8 Å². The Hall–Kier alpha value is -2.13. The molecule has 1 aliphatic carbocycles. The molecule has 2 aromatic rings. The number of benzene rings is 1. The molecule has 1 unspecified atom stereocenters. The van der Waals surface area contributed by atoms with Crippen molar-refractivity contribution < 1.29 is 0 Å². The first-order chi connectivity index (χ1) is 13.5. The van der Waals surface area contributed by atoms with Crippen LogP contribution >= 0.6 is 11.6 Å². The summed E-state index contributed by atoms with van der Waals surface area (Å²) >= 11 is 6.51. The Morgan fingerprint density at radius 1 is 1.36 bits per heavy atom. The van der Waals surface area contributed by atoms with E-state index < -0.39 is 0 Å². The van der Waals surface area contributed by atoms with E-state index in [4.69, 9.17) is 16.6 Å². The monoisotopic (exact) mass is 393 g/mol. The van der Waals surface area contributed by atoms with E-state index in [0.29, 0.717) is 0 Å². The summed E-state index contributed by atoms with van der Waals surface area (Å²) in [5.41, 5.74) is 6.59. The first-order valence-electron chi connectivity index (χ1n) is 10.2. The minimum Gasteiger partial charge on any atom is -0.348 e. The average molecular weight is 394 g/mol. The number of allylic oxidation sites excluding steroid dienone is 1. The lowest BCUT2D eigenvalue weighted by Crippen LogP contribution is -2.39. The predicted molar refractivity (Wildman–Crippen MR) is 120 cm³/mol. The second-order valence-electron chi connectivity index (χ2n) is 8.11. The zero-order valence-corrected chi connectivity index (χ0v) is 17.8. The molecule has 0 N–H and O–H groups in total. The SMILES string of the molecule is C=C(CC)c1cc(Cl)c(C)c(/N=C(\C)C2Cc3cccnc3N2CC2CC2)c1. The summed E-state index contributed by atoms with van der Waals surface area (Å²) < 4.78 is 0. The minimum absolute atomic E-state index is 0.265. The van der Waals surface area contributed by atoms with E-state index in [9.17, 15) is 0 Å². The molecule has 4 rings (SSSR count). The number of pyridine rings is 1. The lowest BCUT2D eigenvalue weighted by atomic mass is 10.0. The van der Waals surface area contributed by atoms with Crippen LogP contribution in [0.5, 0.6) is 0 Å². The van der Waals surface area contributed by atoms with Gasteiger partial charge in [0.2, 0.25) is 0 Å². The van der Waals surface area contributed by atoms with Gasteiger partial charge in [0.1, 0.15) is 5.82 Å². The van der Waals surface area contributed by atoms with Gasteiger partial charge in [-0.05, 0) is 79.5 Å². The van der Waals surface area contributed by atoms with Crippen LogP contribution < -0.4 is 4.90 Å². The second kappa shape index (κ2) is 7.71. The van der Waals surface area contributed by atoms with Gasteiger partial charge in [0, 0.05) is 29.9 Å². The molecule has 3 nitrogen and oxygen atoms in total. The molecule has 0 radical (unpaired) electrons. The van der Waals surface area contributed by atoms with E-state index in [1.807, 2.05) is 25.3 Å².